The molecule has 3 aliphatic heterocycles. The molecule has 5 rings (SSSR count). The summed E-state index contributed by atoms with van der Waals surface area (Å²) in [5, 5.41) is 10.3. The summed E-state index contributed by atoms with van der Waals surface area (Å²) in [5.74, 6) is 1.73. The number of fused-ring (bicyclic) bond motifs is 1. The number of piperazine rings is 1. The summed E-state index contributed by atoms with van der Waals surface area (Å²) in [5.41, 5.74) is 2.18. The normalized spacial score (nSPS) is 20.7. The largest absolute Gasteiger partial charge is 0.445 e. The number of anilines is 1. The topological polar surface area (TPSA) is 115 Å². The molecule has 44 heavy (non-hydrogen) atoms. The second-order valence-electron chi connectivity index (χ2n) is 12.7. The number of benzene rings is 1. The lowest BCUT2D eigenvalue weighted by atomic mass is 10.0. The highest BCUT2D eigenvalue weighted by atomic mass is 32.2. The number of nitrogens with zero attached hydrogens (tertiary/aromatic N) is 7. The monoisotopic (exact) mass is 621 g/mol. The average Bonchev–Trinajstić information content (AvgIpc) is 3.42. The minimum absolute atomic E-state index is 0.184. The van der Waals surface area contributed by atoms with Crippen molar-refractivity contribution in [2.45, 2.75) is 82.4 Å². The SMILES string of the molecule is CN1CCC[C@H]1CSc1nc2c(c(N3CCN(C(=O)OCc4ccccc4)[C@@H](CC#N)C3)n1)CCN(C(=O)OC(C)(C)C)C2. The summed E-state index contributed by atoms with van der Waals surface area (Å²) < 4.78 is 11.3. The van der Waals surface area contributed by atoms with Crippen LogP contribution in [0.4, 0.5) is 15.4 Å². The summed E-state index contributed by atoms with van der Waals surface area (Å²) in [6, 6.07) is 12.0. The molecule has 236 valence electrons. The number of ether oxygens (including phenoxy) is 2. The molecule has 4 heterocycles. The van der Waals surface area contributed by atoms with E-state index >= 15 is 0 Å². The third-order valence-electron chi connectivity index (χ3n) is 8.30. The van der Waals surface area contributed by atoms with Crippen molar-refractivity contribution in [2.24, 2.45) is 0 Å². The van der Waals surface area contributed by atoms with Crippen molar-refractivity contribution < 1.29 is 19.1 Å². The van der Waals surface area contributed by atoms with E-state index in [9.17, 15) is 14.9 Å². The fourth-order valence-corrected chi connectivity index (χ4v) is 7.02. The number of rotatable bonds is 7. The zero-order valence-electron chi connectivity index (χ0n) is 26.2. The van der Waals surface area contributed by atoms with Crippen molar-refractivity contribution in [3.05, 3.63) is 47.2 Å². The van der Waals surface area contributed by atoms with Gasteiger partial charge in [0, 0.05) is 43.5 Å². The van der Waals surface area contributed by atoms with Gasteiger partial charge in [-0.3, -0.25) is 0 Å². The third kappa shape index (κ3) is 7.93. The number of hydrogen-bond donors (Lipinski definition) is 0. The van der Waals surface area contributed by atoms with Crippen LogP contribution in [0.5, 0.6) is 0 Å². The highest BCUT2D eigenvalue weighted by Crippen LogP contribution is 2.33. The lowest BCUT2D eigenvalue weighted by Gasteiger charge is -2.41. The maximum absolute atomic E-state index is 13.1. The van der Waals surface area contributed by atoms with Crippen LogP contribution >= 0.6 is 11.8 Å². The van der Waals surface area contributed by atoms with E-state index in [0.717, 1.165) is 41.4 Å². The van der Waals surface area contributed by atoms with Gasteiger partial charge in [0.05, 0.1) is 30.8 Å². The smallest absolute Gasteiger partial charge is 0.410 e. The van der Waals surface area contributed by atoms with Gasteiger partial charge >= 0.3 is 12.2 Å². The fourth-order valence-electron chi connectivity index (χ4n) is 5.93. The number of carbonyl (C=O) groups is 2. The maximum atomic E-state index is 13.1. The van der Waals surface area contributed by atoms with Crippen LogP contribution in [0.25, 0.3) is 0 Å². The first-order chi connectivity index (χ1) is 21.1. The Morgan fingerprint density at radius 1 is 1.07 bits per heavy atom. The quantitative estimate of drug-likeness (QED) is 0.318. The number of amides is 2. The molecule has 2 aromatic rings. The molecule has 0 aliphatic carbocycles. The van der Waals surface area contributed by atoms with Gasteiger partial charge in [-0.15, -0.1) is 0 Å². The Hall–Kier alpha value is -3.56. The van der Waals surface area contributed by atoms with Gasteiger partial charge in [0.25, 0.3) is 0 Å². The second-order valence-corrected chi connectivity index (χ2v) is 13.7. The van der Waals surface area contributed by atoms with Gasteiger partial charge in [-0.05, 0) is 59.2 Å². The molecule has 0 N–H and O–H groups in total. The van der Waals surface area contributed by atoms with E-state index < -0.39 is 11.7 Å². The van der Waals surface area contributed by atoms with Crippen molar-refractivity contribution in [1.29, 1.82) is 5.26 Å². The highest BCUT2D eigenvalue weighted by molar-refractivity contribution is 7.99. The van der Waals surface area contributed by atoms with Crippen molar-refractivity contribution >= 4 is 29.8 Å². The predicted octanol–water partition coefficient (Wildman–Crippen LogP) is 4.70. The molecule has 2 amide bonds. The number of nitriles is 1. The van der Waals surface area contributed by atoms with Gasteiger partial charge in [0.15, 0.2) is 5.16 Å². The molecule has 0 saturated carbocycles. The van der Waals surface area contributed by atoms with Gasteiger partial charge in [-0.2, -0.15) is 5.26 Å². The van der Waals surface area contributed by atoms with E-state index in [1.807, 2.05) is 51.1 Å². The minimum atomic E-state index is -0.583. The van der Waals surface area contributed by atoms with Crippen LogP contribution in [-0.4, -0.2) is 100 Å². The van der Waals surface area contributed by atoms with E-state index in [4.69, 9.17) is 19.4 Å². The van der Waals surface area contributed by atoms with Crippen molar-refractivity contribution in [3.8, 4) is 6.07 Å². The summed E-state index contributed by atoms with van der Waals surface area (Å²) in [7, 11) is 2.16. The van der Waals surface area contributed by atoms with E-state index in [2.05, 4.69) is 22.9 Å². The van der Waals surface area contributed by atoms with Crippen molar-refractivity contribution in [2.75, 3.05) is 50.4 Å². The Morgan fingerprint density at radius 3 is 2.57 bits per heavy atom. The number of carbonyl (C=O) groups excluding carboxylic acids is 2. The van der Waals surface area contributed by atoms with Crippen LogP contribution in [0.3, 0.4) is 0 Å². The molecule has 11 nitrogen and oxygen atoms in total. The van der Waals surface area contributed by atoms with Gasteiger partial charge < -0.3 is 29.1 Å². The molecule has 0 bridgehead atoms. The number of thioether (sulfide) groups is 1. The molecule has 12 heteroatoms. The summed E-state index contributed by atoms with van der Waals surface area (Å²) in [6.45, 7) is 9.17. The molecule has 0 unspecified atom stereocenters. The highest BCUT2D eigenvalue weighted by Gasteiger charge is 2.35. The number of hydrogen-bond acceptors (Lipinski definition) is 10. The standard InChI is InChI=1S/C32H43N7O4S/c1-32(2,3)43-30(40)38-16-13-26-27(20-38)34-29(44-22-25-11-8-15-36(25)4)35-28(26)37-17-18-39(24(19-37)12-14-33)31(41)42-21-23-9-6-5-7-10-23/h5-7,9-10,24-25H,8,11-13,15-22H2,1-4H3/t24-,25-/m0/s1. The molecule has 0 spiro atoms. The molecular formula is C32H43N7O4S. The maximum Gasteiger partial charge on any atom is 0.410 e. The average molecular weight is 622 g/mol. The summed E-state index contributed by atoms with van der Waals surface area (Å²) in [4.78, 5) is 44.0. The molecule has 0 radical (unpaired) electrons. The first kappa shape index (κ1) is 31.9. The van der Waals surface area contributed by atoms with Crippen LogP contribution in [0, 0.1) is 11.3 Å². The minimum Gasteiger partial charge on any atom is -0.445 e. The molecule has 2 atom stereocenters. The van der Waals surface area contributed by atoms with E-state index in [1.54, 1.807) is 21.6 Å². The Labute approximate surface area is 264 Å². The van der Waals surface area contributed by atoms with Crippen molar-refractivity contribution in [3.63, 3.8) is 0 Å². The van der Waals surface area contributed by atoms with Crippen LogP contribution < -0.4 is 4.90 Å². The summed E-state index contributed by atoms with van der Waals surface area (Å²) >= 11 is 1.65. The molecule has 1 aromatic carbocycles. The molecule has 2 saturated heterocycles. The Balaban J connectivity index is 1.35. The second kappa shape index (κ2) is 14.0. The van der Waals surface area contributed by atoms with Crippen molar-refractivity contribution in [1.82, 2.24) is 24.7 Å². The van der Waals surface area contributed by atoms with Crippen LogP contribution in [0.15, 0.2) is 35.5 Å². The first-order valence-corrected chi connectivity index (χ1v) is 16.4. The van der Waals surface area contributed by atoms with Crippen LogP contribution in [0.2, 0.25) is 0 Å². The van der Waals surface area contributed by atoms with Gasteiger partial charge in [0.1, 0.15) is 18.0 Å². The molecule has 1 aromatic heterocycles. The predicted molar refractivity (Wildman–Crippen MR) is 168 cm³/mol. The Kier molecular flexibility index (Phi) is 10.2. The van der Waals surface area contributed by atoms with E-state index in [1.165, 1.54) is 6.42 Å². The molecule has 3 aliphatic rings. The third-order valence-corrected chi connectivity index (χ3v) is 9.29. The lowest BCUT2D eigenvalue weighted by Crippen LogP contribution is -2.56. The van der Waals surface area contributed by atoms with Crippen LogP contribution in [-0.2, 0) is 29.0 Å². The fraction of sp³-hybridized carbons (Fsp3) is 0.594. The first-order valence-electron chi connectivity index (χ1n) is 15.4. The van der Waals surface area contributed by atoms with E-state index in [0.29, 0.717) is 50.3 Å². The van der Waals surface area contributed by atoms with E-state index in [-0.39, 0.29) is 25.2 Å². The zero-order chi connectivity index (χ0) is 31.3. The summed E-state index contributed by atoms with van der Waals surface area (Å²) in [6.07, 6.45) is 2.38. The zero-order valence-corrected chi connectivity index (χ0v) is 27.0. The van der Waals surface area contributed by atoms with Gasteiger partial charge in [0.2, 0.25) is 0 Å². The molecular weight excluding hydrogens is 578 g/mol. The van der Waals surface area contributed by atoms with Crippen LogP contribution in [0.1, 0.15) is 56.9 Å². The number of aromatic nitrogens is 2. The number of likely N-dealkylation sites (tertiary alicyclic amines) is 1. The Bertz CT molecular complexity index is 1360. The Morgan fingerprint density at radius 2 is 1.86 bits per heavy atom. The van der Waals surface area contributed by atoms with Gasteiger partial charge in [-0.1, -0.05) is 42.1 Å². The molecule has 2 fully saturated rings. The lowest BCUT2D eigenvalue weighted by molar-refractivity contribution is 0.0220. The van der Waals surface area contributed by atoms with Gasteiger partial charge in [-0.25, -0.2) is 19.6 Å².